The fraction of sp³-hybridized carbons (Fsp3) is 0.250. The van der Waals surface area contributed by atoms with Crippen LogP contribution >= 0.6 is 15.9 Å². The lowest BCUT2D eigenvalue weighted by Gasteiger charge is -2.27. The van der Waals surface area contributed by atoms with Crippen LogP contribution in [-0.4, -0.2) is 34.1 Å². The van der Waals surface area contributed by atoms with E-state index in [4.69, 9.17) is 4.74 Å². The molecular formula is C20H18BrN3O2. The Bertz CT molecular complexity index is 872. The summed E-state index contributed by atoms with van der Waals surface area (Å²) in [6, 6.07) is 9.24. The van der Waals surface area contributed by atoms with E-state index in [1.54, 1.807) is 23.2 Å². The van der Waals surface area contributed by atoms with Gasteiger partial charge in [0, 0.05) is 35.5 Å². The van der Waals surface area contributed by atoms with Crippen LogP contribution in [0.5, 0.6) is 5.88 Å². The molecule has 0 aromatic carbocycles. The molecule has 0 bridgehead atoms. The number of hydrogen-bond donors (Lipinski definition) is 0. The Morgan fingerprint density at radius 1 is 1.27 bits per heavy atom. The molecule has 0 N–H and O–H groups in total. The van der Waals surface area contributed by atoms with Crippen LogP contribution in [0.4, 0.5) is 4.79 Å². The summed E-state index contributed by atoms with van der Waals surface area (Å²) in [5, 5.41) is 0. The molecule has 0 aliphatic carbocycles. The highest BCUT2D eigenvalue weighted by atomic mass is 79.9. The Balaban J connectivity index is 1.52. The third kappa shape index (κ3) is 5.17. The number of rotatable bonds is 1. The van der Waals surface area contributed by atoms with Gasteiger partial charge in [0.15, 0.2) is 0 Å². The molecule has 0 unspecified atom stereocenters. The van der Waals surface area contributed by atoms with Gasteiger partial charge in [0.2, 0.25) is 5.88 Å². The number of halogens is 1. The first-order chi connectivity index (χ1) is 12.6. The highest BCUT2D eigenvalue weighted by molar-refractivity contribution is 9.10. The first-order valence-electron chi connectivity index (χ1n) is 8.31. The van der Waals surface area contributed by atoms with Crippen molar-refractivity contribution < 1.29 is 9.53 Å². The topological polar surface area (TPSA) is 55.3 Å². The van der Waals surface area contributed by atoms with Crippen LogP contribution in [0.3, 0.4) is 0 Å². The third-order valence-corrected chi connectivity index (χ3v) is 4.39. The summed E-state index contributed by atoms with van der Waals surface area (Å²) in [7, 11) is 0. The van der Waals surface area contributed by atoms with Gasteiger partial charge >= 0.3 is 6.09 Å². The van der Waals surface area contributed by atoms with Crippen LogP contribution in [0, 0.1) is 18.8 Å². The number of nitrogens with zero attached hydrogens (tertiary/aromatic N) is 3. The highest BCUT2D eigenvalue weighted by Crippen LogP contribution is 2.18. The largest absolute Gasteiger partial charge is 0.416 e. The van der Waals surface area contributed by atoms with Gasteiger partial charge < -0.3 is 9.64 Å². The predicted octanol–water partition coefficient (Wildman–Crippen LogP) is 4.12. The number of pyridine rings is 2. The molecule has 1 aliphatic rings. The zero-order chi connectivity index (χ0) is 18.4. The Morgan fingerprint density at radius 2 is 2.08 bits per heavy atom. The van der Waals surface area contributed by atoms with Gasteiger partial charge in [-0.2, -0.15) is 0 Å². The molecule has 1 saturated heterocycles. The second-order valence-electron chi connectivity index (χ2n) is 5.91. The monoisotopic (exact) mass is 411 g/mol. The Morgan fingerprint density at radius 3 is 2.77 bits per heavy atom. The fourth-order valence-electron chi connectivity index (χ4n) is 2.52. The van der Waals surface area contributed by atoms with Crippen molar-refractivity contribution in [2.75, 3.05) is 13.1 Å². The van der Waals surface area contributed by atoms with Crippen LogP contribution in [0.2, 0.25) is 0 Å². The van der Waals surface area contributed by atoms with E-state index in [9.17, 15) is 4.79 Å². The van der Waals surface area contributed by atoms with Crippen LogP contribution < -0.4 is 4.74 Å². The number of carbonyl (C=O) groups excluding carboxylic acids is 1. The number of allylic oxidation sites excluding steroid dienone is 1. The van der Waals surface area contributed by atoms with Crippen molar-refractivity contribution in [2.45, 2.75) is 19.8 Å². The average molecular weight is 412 g/mol. The van der Waals surface area contributed by atoms with Crippen molar-refractivity contribution in [3.63, 3.8) is 0 Å². The second-order valence-corrected chi connectivity index (χ2v) is 6.82. The zero-order valence-corrected chi connectivity index (χ0v) is 16.0. The van der Waals surface area contributed by atoms with Crippen molar-refractivity contribution in [2.24, 2.45) is 0 Å². The molecule has 0 spiro atoms. The summed E-state index contributed by atoms with van der Waals surface area (Å²) >= 11 is 3.30. The number of likely N-dealkylation sites (tertiary alicyclic amines) is 1. The van der Waals surface area contributed by atoms with Crippen molar-refractivity contribution in [1.82, 2.24) is 14.9 Å². The van der Waals surface area contributed by atoms with Gasteiger partial charge in [-0.25, -0.2) is 14.8 Å². The summed E-state index contributed by atoms with van der Waals surface area (Å²) in [5.74, 6) is 6.42. The van der Waals surface area contributed by atoms with E-state index in [1.807, 2.05) is 31.2 Å². The maximum Gasteiger partial charge on any atom is 0.416 e. The van der Waals surface area contributed by atoms with E-state index >= 15 is 0 Å². The molecule has 2 aromatic rings. The normalized spacial score (nSPS) is 13.6. The lowest BCUT2D eigenvalue weighted by Crippen LogP contribution is -2.38. The molecule has 1 fully saturated rings. The third-order valence-electron chi connectivity index (χ3n) is 3.92. The standard InChI is InChI=1S/C20H18BrN3O2/c1-15-4-2-6-18(23-15)7-3-5-16-10-12-24(13-11-16)20(25)26-19-9-8-17(21)14-22-19/h2,4-6,8-9,14H,10-13H2,1H3. The Hall–Kier alpha value is -2.65. The van der Waals surface area contributed by atoms with Gasteiger partial charge in [-0.15, -0.1) is 0 Å². The number of carbonyl (C=O) groups is 1. The summed E-state index contributed by atoms with van der Waals surface area (Å²) < 4.78 is 6.13. The van der Waals surface area contributed by atoms with Crippen LogP contribution in [0.25, 0.3) is 0 Å². The van der Waals surface area contributed by atoms with E-state index in [-0.39, 0.29) is 6.09 Å². The molecule has 2 aromatic heterocycles. The summed E-state index contributed by atoms with van der Waals surface area (Å²) in [6.07, 6.45) is 4.75. The Labute approximate surface area is 161 Å². The summed E-state index contributed by atoms with van der Waals surface area (Å²) in [6.45, 7) is 3.18. The molecular weight excluding hydrogens is 394 g/mol. The number of aryl methyl sites for hydroxylation is 1. The first-order valence-corrected chi connectivity index (χ1v) is 9.11. The fourth-order valence-corrected chi connectivity index (χ4v) is 2.76. The van der Waals surface area contributed by atoms with Crippen LogP contribution in [0.1, 0.15) is 24.2 Å². The van der Waals surface area contributed by atoms with Gasteiger partial charge in [0.1, 0.15) is 5.69 Å². The zero-order valence-electron chi connectivity index (χ0n) is 14.4. The number of ether oxygens (including phenoxy) is 1. The number of aromatic nitrogens is 2. The lowest BCUT2D eigenvalue weighted by atomic mass is 10.0. The number of piperidine rings is 1. The van der Waals surface area contributed by atoms with Gasteiger partial charge in [-0.05, 0) is 65.9 Å². The Kier molecular flexibility index (Phi) is 6.03. The maximum atomic E-state index is 12.2. The smallest absolute Gasteiger partial charge is 0.391 e. The van der Waals surface area contributed by atoms with Crippen molar-refractivity contribution in [3.05, 3.63) is 64.0 Å². The SMILES string of the molecule is Cc1cccc(C#CC=C2CCN(C(=O)Oc3ccc(Br)cn3)CC2)n1. The molecule has 1 aliphatic heterocycles. The van der Waals surface area contributed by atoms with Crippen molar-refractivity contribution in [1.29, 1.82) is 0 Å². The molecule has 0 saturated carbocycles. The molecule has 3 rings (SSSR count). The minimum Gasteiger partial charge on any atom is -0.391 e. The lowest BCUT2D eigenvalue weighted by molar-refractivity contribution is 0.147. The predicted molar refractivity (Wildman–Crippen MR) is 103 cm³/mol. The van der Waals surface area contributed by atoms with E-state index < -0.39 is 0 Å². The van der Waals surface area contributed by atoms with Crippen LogP contribution in [0.15, 0.2) is 52.7 Å². The highest BCUT2D eigenvalue weighted by Gasteiger charge is 2.20. The molecule has 5 nitrogen and oxygen atoms in total. The minimum absolute atomic E-state index is 0.302. The van der Waals surface area contributed by atoms with Gasteiger partial charge in [-0.1, -0.05) is 17.6 Å². The molecule has 0 atom stereocenters. The quantitative estimate of drug-likeness (QED) is 0.662. The number of hydrogen-bond acceptors (Lipinski definition) is 4. The molecule has 6 heteroatoms. The molecule has 132 valence electrons. The van der Waals surface area contributed by atoms with E-state index in [0.717, 1.165) is 28.7 Å². The summed E-state index contributed by atoms with van der Waals surface area (Å²) in [5.41, 5.74) is 2.96. The minimum atomic E-state index is -0.367. The van der Waals surface area contributed by atoms with Gasteiger partial charge in [-0.3, -0.25) is 0 Å². The molecule has 3 heterocycles. The second kappa shape index (κ2) is 8.63. The number of amides is 1. The van der Waals surface area contributed by atoms with Crippen molar-refractivity contribution >= 4 is 22.0 Å². The summed E-state index contributed by atoms with van der Waals surface area (Å²) in [4.78, 5) is 22.3. The van der Waals surface area contributed by atoms with Gasteiger partial charge in [0.05, 0.1) is 0 Å². The maximum absolute atomic E-state index is 12.2. The van der Waals surface area contributed by atoms with Gasteiger partial charge in [0.25, 0.3) is 0 Å². The molecule has 1 amide bonds. The first kappa shape index (κ1) is 18.2. The molecule has 26 heavy (non-hydrogen) atoms. The molecule has 0 radical (unpaired) electrons. The van der Waals surface area contributed by atoms with E-state index in [1.165, 1.54) is 5.57 Å². The average Bonchev–Trinajstić information content (AvgIpc) is 2.64. The van der Waals surface area contributed by atoms with Crippen molar-refractivity contribution in [3.8, 4) is 17.7 Å². The van der Waals surface area contributed by atoms with E-state index in [2.05, 4.69) is 37.7 Å². The van der Waals surface area contributed by atoms with E-state index in [0.29, 0.717) is 19.0 Å². The van der Waals surface area contributed by atoms with Crippen LogP contribution in [-0.2, 0) is 0 Å².